The summed E-state index contributed by atoms with van der Waals surface area (Å²) in [5.41, 5.74) is 0.599. The number of benzene rings is 1. The molecule has 88 valence electrons. The van der Waals surface area contributed by atoms with Crippen LogP contribution in [0, 0.1) is 3.57 Å². The molecule has 1 N–H and O–H groups in total. The van der Waals surface area contributed by atoms with E-state index >= 15 is 0 Å². The Kier molecular flexibility index (Phi) is 4.20. The number of nitrogens with zero attached hydrogens (tertiary/aromatic N) is 1. The van der Waals surface area contributed by atoms with Crippen molar-refractivity contribution in [1.29, 1.82) is 0 Å². The molecule has 0 fully saturated rings. The number of pyridine rings is 1. The Bertz CT molecular complexity index is 516. The molecule has 0 amide bonds. The molecule has 0 aliphatic heterocycles. The molecule has 0 atom stereocenters. The largest absolute Gasteiger partial charge is 0.439 e. The highest BCUT2D eigenvalue weighted by molar-refractivity contribution is 14.1. The molecule has 1 heterocycles. The maximum atomic E-state index is 9.08. The van der Waals surface area contributed by atoms with Crippen molar-refractivity contribution in [3.8, 4) is 11.6 Å². The van der Waals surface area contributed by atoms with Gasteiger partial charge in [-0.1, -0.05) is 11.6 Å². The summed E-state index contributed by atoms with van der Waals surface area (Å²) in [6.07, 6.45) is 1.47. The first-order valence-electron chi connectivity index (χ1n) is 4.88. The number of hydrogen-bond donors (Lipinski definition) is 1. The number of rotatable bonds is 3. The van der Waals surface area contributed by atoms with Crippen molar-refractivity contribution in [3.05, 3.63) is 50.7 Å². The van der Waals surface area contributed by atoms with Crippen LogP contribution in [0.25, 0.3) is 0 Å². The average Bonchev–Trinajstić information content (AvgIpc) is 2.34. The van der Waals surface area contributed by atoms with E-state index in [1.54, 1.807) is 6.07 Å². The van der Waals surface area contributed by atoms with Gasteiger partial charge in [0.2, 0.25) is 5.88 Å². The maximum Gasteiger partial charge on any atom is 0.219 e. The molecular weight excluding hydrogens is 352 g/mol. The third kappa shape index (κ3) is 3.31. The van der Waals surface area contributed by atoms with Crippen LogP contribution in [0.1, 0.15) is 5.56 Å². The van der Waals surface area contributed by atoms with Gasteiger partial charge in [0, 0.05) is 21.4 Å². The summed E-state index contributed by atoms with van der Waals surface area (Å²) < 4.78 is 6.68. The first kappa shape index (κ1) is 12.6. The SMILES string of the molecule is OCc1cc(Oc2ccc(I)cc2)ncc1Cl. The van der Waals surface area contributed by atoms with E-state index in [-0.39, 0.29) is 6.61 Å². The van der Waals surface area contributed by atoms with Gasteiger partial charge in [0.25, 0.3) is 0 Å². The molecule has 2 aromatic rings. The monoisotopic (exact) mass is 361 g/mol. The summed E-state index contributed by atoms with van der Waals surface area (Å²) in [5.74, 6) is 1.11. The molecule has 0 unspecified atom stereocenters. The quantitative estimate of drug-likeness (QED) is 0.849. The molecule has 0 spiro atoms. The topological polar surface area (TPSA) is 42.4 Å². The lowest BCUT2D eigenvalue weighted by Crippen LogP contribution is -1.92. The number of halogens is 2. The molecule has 0 radical (unpaired) electrons. The first-order valence-corrected chi connectivity index (χ1v) is 6.33. The van der Waals surface area contributed by atoms with Crippen molar-refractivity contribution in [2.75, 3.05) is 0 Å². The molecule has 3 nitrogen and oxygen atoms in total. The van der Waals surface area contributed by atoms with E-state index in [1.807, 2.05) is 24.3 Å². The predicted octanol–water partition coefficient (Wildman–Crippen LogP) is 3.62. The van der Waals surface area contributed by atoms with Crippen LogP contribution in [0.15, 0.2) is 36.5 Å². The minimum atomic E-state index is -0.135. The highest BCUT2D eigenvalue weighted by Gasteiger charge is 2.04. The van der Waals surface area contributed by atoms with Gasteiger partial charge in [-0.25, -0.2) is 4.98 Å². The zero-order valence-electron chi connectivity index (χ0n) is 8.73. The summed E-state index contributed by atoms with van der Waals surface area (Å²) in [5, 5.41) is 9.51. The highest BCUT2D eigenvalue weighted by Crippen LogP contribution is 2.24. The van der Waals surface area contributed by atoms with E-state index in [2.05, 4.69) is 27.6 Å². The Hall–Kier alpha value is -0.850. The molecule has 0 saturated carbocycles. The molecule has 0 aliphatic carbocycles. The van der Waals surface area contributed by atoms with Crippen LogP contribution < -0.4 is 4.74 Å². The fourth-order valence-electron chi connectivity index (χ4n) is 1.26. The van der Waals surface area contributed by atoms with Crippen molar-refractivity contribution >= 4 is 34.2 Å². The maximum absolute atomic E-state index is 9.08. The van der Waals surface area contributed by atoms with Gasteiger partial charge in [-0.05, 0) is 46.9 Å². The summed E-state index contributed by atoms with van der Waals surface area (Å²) in [4.78, 5) is 4.04. The van der Waals surface area contributed by atoms with Crippen molar-refractivity contribution in [3.63, 3.8) is 0 Å². The van der Waals surface area contributed by atoms with Gasteiger partial charge in [-0.2, -0.15) is 0 Å². The fourth-order valence-corrected chi connectivity index (χ4v) is 1.78. The van der Waals surface area contributed by atoms with Crippen molar-refractivity contribution in [1.82, 2.24) is 4.98 Å². The standard InChI is InChI=1S/C12H9ClINO2/c13-11-6-15-12(5-8(11)7-16)17-10-3-1-9(14)2-4-10/h1-6,16H,7H2. The van der Waals surface area contributed by atoms with Gasteiger partial charge in [-0.3, -0.25) is 0 Å². The molecule has 17 heavy (non-hydrogen) atoms. The van der Waals surface area contributed by atoms with E-state index < -0.39 is 0 Å². The lowest BCUT2D eigenvalue weighted by molar-refractivity contribution is 0.281. The molecule has 0 aliphatic rings. The predicted molar refractivity (Wildman–Crippen MR) is 74.4 cm³/mol. The van der Waals surface area contributed by atoms with Crippen LogP contribution in [0.3, 0.4) is 0 Å². The van der Waals surface area contributed by atoms with Gasteiger partial charge < -0.3 is 9.84 Å². The van der Waals surface area contributed by atoms with Gasteiger partial charge in [0.05, 0.1) is 11.6 Å². The number of aliphatic hydroxyl groups excluding tert-OH is 1. The van der Waals surface area contributed by atoms with E-state index in [0.717, 1.165) is 3.57 Å². The van der Waals surface area contributed by atoms with E-state index in [0.29, 0.717) is 22.2 Å². The smallest absolute Gasteiger partial charge is 0.219 e. The number of aliphatic hydroxyl groups is 1. The van der Waals surface area contributed by atoms with Crippen LogP contribution in [0.2, 0.25) is 5.02 Å². The Morgan fingerprint density at radius 2 is 2.00 bits per heavy atom. The van der Waals surface area contributed by atoms with Crippen molar-refractivity contribution in [2.45, 2.75) is 6.61 Å². The lowest BCUT2D eigenvalue weighted by atomic mass is 10.3. The van der Waals surface area contributed by atoms with Crippen molar-refractivity contribution < 1.29 is 9.84 Å². The van der Waals surface area contributed by atoms with E-state index in [4.69, 9.17) is 21.4 Å². The lowest BCUT2D eigenvalue weighted by Gasteiger charge is -2.06. The van der Waals surface area contributed by atoms with Crippen LogP contribution in [-0.2, 0) is 6.61 Å². The Balaban J connectivity index is 2.21. The Morgan fingerprint density at radius 3 is 2.65 bits per heavy atom. The first-order chi connectivity index (χ1) is 8.19. The van der Waals surface area contributed by atoms with Gasteiger partial charge in [-0.15, -0.1) is 0 Å². The number of hydrogen-bond acceptors (Lipinski definition) is 3. The molecular formula is C12H9ClINO2. The second-order valence-electron chi connectivity index (χ2n) is 3.33. The summed E-state index contributed by atoms with van der Waals surface area (Å²) in [6.45, 7) is -0.135. The second-order valence-corrected chi connectivity index (χ2v) is 4.98. The zero-order chi connectivity index (χ0) is 12.3. The molecule has 0 bridgehead atoms. The molecule has 2 rings (SSSR count). The number of aromatic nitrogens is 1. The number of ether oxygens (including phenoxy) is 1. The van der Waals surface area contributed by atoms with Gasteiger partial charge >= 0.3 is 0 Å². The van der Waals surface area contributed by atoms with Gasteiger partial charge in [0.15, 0.2) is 0 Å². The third-order valence-electron chi connectivity index (χ3n) is 2.12. The van der Waals surface area contributed by atoms with Crippen LogP contribution >= 0.6 is 34.2 Å². The summed E-state index contributed by atoms with van der Waals surface area (Å²) >= 11 is 8.06. The van der Waals surface area contributed by atoms with E-state index in [1.165, 1.54) is 6.20 Å². The summed E-state index contributed by atoms with van der Waals surface area (Å²) in [6, 6.07) is 9.23. The molecule has 5 heteroatoms. The normalized spacial score (nSPS) is 10.3. The van der Waals surface area contributed by atoms with Crippen LogP contribution in [0.5, 0.6) is 11.6 Å². The van der Waals surface area contributed by atoms with Gasteiger partial charge in [0.1, 0.15) is 5.75 Å². The zero-order valence-corrected chi connectivity index (χ0v) is 11.6. The average molecular weight is 362 g/mol. The summed E-state index contributed by atoms with van der Waals surface area (Å²) in [7, 11) is 0. The van der Waals surface area contributed by atoms with Crippen molar-refractivity contribution in [2.24, 2.45) is 0 Å². The minimum Gasteiger partial charge on any atom is -0.439 e. The third-order valence-corrected chi connectivity index (χ3v) is 3.18. The van der Waals surface area contributed by atoms with Crippen LogP contribution in [0.4, 0.5) is 0 Å². The Morgan fingerprint density at radius 1 is 1.29 bits per heavy atom. The fraction of sp³-hybridized carbons (Fsp3) is 0.0833. The molecule has 0 saturated heterocycles. The van der Waals surface area contributed by atoms with E-state index in [9.17, 15) is 0 Å². The molecule has 1 aromatic heterocycles. The minimum absolute atomic E-state index is 0.135. The second kappa shape index (κ2) is 5.66. The highest BCUT2D eigenvalue weighted by atomic mass is 127. The Labute approximate surface area is 118 Å². The molecule has 1 aromatic carbocycles. The van der Waals surface area contributed by atoms with Crippen LogP contribution in [-0.4, -0.2) is 10.1 Å².